The maximum absolute atomic E-state index is 12.1. The van der Waals surface area contributed by atoms with Crippen molar-refractivity contribution in [2.75, 3.05) is 24.7 Å². The Morgan fingerprint density at radius 2 is 2.00 bits per heavy atom. The molecule has 2 aromatic rings. The van der Waals surface area contributed by atoms with E-state index in [-0.39, 0.29) is 18.1 Å². The summed E-state index contributed by atoms with van der Waals surface area (Å²) in [5.41, 5.74) is 0.701. The van der Waals surface area contributed by atoms with Gasteiger partial charge in [0.25, 0.3) is 5.91 Å². The highest BCUT2D eigenvalue weighted by Gasteiger charge is 2.26. The van der Waals surface area contributed by atoms with Crippen LogP contribution in [-0.2, 0) is 4.79 Å². The van der Waals surface area contributed by atoms with E-state index >= 15 is 0 Å². The number of anilines is 1. The number of nitrogens with zero attached hydrogens (tertiary/aromatic N) is 1. The lowest BCUT2D eigenvalue weighted by atomic mass is 10.1. The van der Waals surface area contributed by atoms with Gasteiger partial charge < -0.3 is 19.5 Å². The molecule has 0 saturated heterocycles. The second-order valence-electron chi connectivity index (χ2n) is 5.48. The predicted molar refractivity (Wildman–Crippen MR) is 92.8 cm³/mol. The summed E-state index contributed by atoms with van der Waals surface area (Å²) in [5.74, 6) is -0.0874. The minimum Gasteiger partial charge on any atom is -0.494 e. The number of carbonyl (C=O) groups is 2. The van der Waals surface area contributed by atoms with Crippen LogP contribution in [0.5, 0.6) is 11.5 Å². The van der Waals surface area contributed by atoms with E-state index < -0.39 is 5.97 Å². The third-order valence-electron chi connectivity index (χ3n) is 3.76. The van der Waals surface area contributed by atoms with Crippen molar-refractivity contribution >= 4 is 29.2 Å². The number of carboxylic acid groups (broad SMARTS) is 1. The average molecular weight is 362 g/mol. The number of ether oxygens (including phenoxy) is 2. The zero-order valence-electron chi connectivity index (χ0n) is 13.3. The van der Waals surface area contributed by atoms with Crippen molar-refractivity contribution in [1.82, 2.24) is 0 Å². The molecule has 0 radical (unpaired) electrons. The highest BCUT2D eigenvalue weighted by molar-refractivity contribution is 6.30. The summed E-state index contributed by atoms with van der Waals surface area (Å²) < 4.78 is 11.0. The Bertz CT molecular complexity index is 791. The number of fused-ring (bicyclic) bond motifs is 1. The van der Waals surface area contributed by atoms with Gasteiger partial charge in [0.1, 0.15) is 11.5 Å². The second-order valence-corrected chi connectivity index (χ2v) is 5.91. The average Bonchev–Trinajstić information content (AvgIpc) is 2.61. The van der Waals surface area contributed by atoms with E-state index in [1.165, 1.54) is 12.1 Å². The highest BCUT2D eigenvalue weighted by Crippen LogP contribution is 2.33. The van der Waals surface area contributed by atoms with Gasteiger partial charge in [0.05, 0.1) is 17.9 Å². The molecule has 0 bridgehead atoms. The lowest BCUT2D eigenvalue weighted by Crippen LogP contribution is -2.39. The Kier molecular flexibility index (Phi) is 5.09. The fourth-order valence-electron chi connectivity index (χ4n) is 2.53. The van der Waals surface area contributed by atoms with Crippen LogP contribution in [-0.4, -0.2) is 36.7 Å². The van der Waals surface area contributed by atoms with E-state index in [0.29, 0.717) is 41.8 Å². The molecule has 1 aliphatic rings. The molecule has 0 fully saturated rings. The van der Waals surface area contributed by atoms with E-state index in [0.717, 1.165) is 0 Å². The Labute approximate surface area is 149 Å². The first-order valence-electron chi connectivity index (χ1n) is 7.73. The number of halogens is 1. The van der Waals surface area contributed by atoms with E-state index in [2.05, 4.69) is 0 Å². The molecule has 0 aromatic heterocycles. The lowest BCUT2D eigenvalue weighted by molar-refractivity contribution is -0.121. The number of amides is 1. The molecule has 0 spiro atoms. The minimum atomic E-state index is -1.04. The molecule has 25 heavy (non-hydrogen) atoms. The summed E-state index contributed by atoms with van der Waals surface area (Å²) in [6.45, 7) is 0.790. The van der Waals surface area contributed by atoms with Crippen molar-refractivity contribution in [2.24, 2.45) is 0 Å². The van der Waals surface area contributed by atoms with Crippen LogP contribution >= 0.6 is 11.6 Å². The number of benzene rings is 2. The smallest absolute Gasteiger partial charge is 0.335 e. The van der Waals surface area contributed by atoms with Crippen LogP contribution in [0.3, 0.4) is 0 Å². The second kappa shape index (κ2) is 7.44. The number of carboxylic acids is 1. The molecule has 1 N–H and O–H groups in total. The van der Waals surface area contributed by atoms with Crippen molar-refractivity contribution in [3.05, 3.63) is 53.1 Å². The number of hydrogen-bond donors (Lipinski definition) is 1. The first-order valence-corrected chi connectivity index (χ1v) is 8.11. The van der Waals surface area contributed by atoms with Crippen molar-refractivity contribution in [2.45, 2.75) is 6.42 Å². The fourth-order valence-corrected chi connectivity index (χ4v) is 2.65. The largest absolute Gasteiger partial charge is 0.494 e. The highest BCUT2D eigenvalue weighted by atomic mass is 35.5. The minimum absolute atomic E-state index is 0.103. The number of aromatic carboxylic acids is 1. The van der Waals surface area contributed by atoms with Gasteiger partial charge in [-0.3, -0.25) is 4.79 Å². The van der Waals surface area contributed by atoms with Crippen molar-refractivity contribution < 1.29 is 24.2 Å². The van der Waals surface area contributed by atoms with Gasteiger partial charge in [-0.05, 0) is 48.9 Å². The van der Waals surface area contributed by atoms with Gasteiger partial charge in [-0.2, -0.15) is 0 Å². The topological polar surface area (TPSA) is 76.1 Å². The van der Waals surface area contributed by atoms with Crippen LogP contribution in [0, 0.1) is 0 Å². The molecule has 7 heteroatoms. The quantitative estimate of drug-likeness (QED) is 0.799. The molecule has 3 rings (SSSR count). The monoisotopic (exact) mass is 361 g/mol. The van der Waals surface area contributed by atoms with Crippen LogP contribution in [0.2, 0.25) is 5.02 Å². The molecule has 0 atom stereocenters. The summed E-state index contributed by atoms with van der Waals surface area (Å²) in [4.78, 5) is 24.7. The molecule has 130 valence electrons. The standard InChI is InChI=1S/C18H16ClNO5/c19-13-3-5-14(6-4-13)24-9-1-8-20-15-7-2-12(18(22)23)10-16(15)25-11-17(20)21/h2-7,10H,1,8-9,11H2,(H,22,23). The van der Waals surface area contributed by atoms with Gasteiger partial charge in [-0.1, -0.05) is 11.6 Å². The van der Waals surface area contributed by atoms with Gasteiger partial charge in [0, 0.05) is 11.6 Å². The number of carbonyl (C=O) groups excluding carboxylic acids is 1. The van der Waals surface area contributed by atoms with E-state index in [1.54, 1.807) is 35.2 Å². The molecule has 0 aliphatic carbocycles. The maximum Gasteiger partial charge on any atom is 0.335 e. The molecule has 1 aliphatic heterocycles. The van der Waals surface area contributed by atoms with E-state index in [9.17, 15) is 9.59 Å². The molecular formula is C18H16ClNO5. The Morgan fingerprint density at radius 3 is 2.72 bits per heavy atom. The molecule has 1 heterocycles. The van der Waals surface area contributed by atoms with Crippen molar-refractivity contribution in [3.8, 4) is 11.5 Å². The lowest BCUT2D eigenvalue weighted by Gasteiger charge is -2.29. The van der Waals surface area contributed by atoms with Gasteiger partial charge >= 0.3 is 5.97 Å². The summed E-state index contributed by atoms with van der Waals surface area (Å²) in [6, 6.07) is 11.5. The van der Waals surface area contributed by atoms with Crippen molar-refractivity contribution in [3.63, 3.8) is 0 Å². The normalized spacial score (nSPS) is 13.2. The number of hydrogen-bond acceptors (Lipinski definition) is 4. The van der Waals surface area contributed by atoms with E-state index in [1.807, 2.05) is 0 Å². The third kappa shape index (κ3) is 4.03. The zero-order valence-corrected chi connectivity index (χ0v) is 14.0. The zero-order chi connectivity index (χ0) is 17.8. The summed E-state index contributed by atoms with van der Waals surface area (Å²) in [7, 11) is 0. The fraction of sp³-hybridized carbons (Fsp3) is 0.222. The van der Waals surface area contributed by atoms with Gasteiger partial charge in [-0.15, -0.1) is 0 Å². The van der Waals surface area contributed by atoms with Gasteiger partial charge in [-0.25, -0.2) is 4.79 Å². The molecule has 2 aromatic carbocycles. The molecule has 0 saturated carbocycles. The van der Waals surface area contributed by atoms with E-state index in [4.69, 9.17) is 26.2 Å². The number of rotatable bonds is 6. The molecule has 1 amide bonds. The molecule has 6 nitrogen and oxygen atoms in total. The SMILES string of the molecule is O=C(O)c1ccc2c(c1)OCC(=O)N2CCCOc1ccc(Cl)cc1. The maximum atomic E-state index is 12.1. The predicted octanol–water partition coefficient (Wildman–Crippen LogP) is 3.23. The Morgan fingerprint density at radius 1 is 1.24 bits per heavy atom. The Balaban J connectivity index is 1.61. The summed E-state index contributed by atoms with van der Waals surface area (Å²) >= 11 is 5.82. The summed E-state index contributed by atoms with van der Waals surface area (Å²) in [5, 5.41) is 9.68. The molecule has 0 unspecified atom stereocenters. The molecular weight excluding hydrogens is 346 g/mol. The van der Waals surface area contributed by atoms with Gasteiger partial charge in [0.15, 0.2) is 6.61 Å². The van der Waals surface area contributed by atoms with Crippen molar-refractivity contribution in [1.29, 1.82) is 0 Å². The third-order valence-corrected chi connectivity index (χ3v) is 4.01. The van der Waals surface area contributed by atoms with Crippen LogP contribution in [0.1, 0.15) is 16.8 Å². The van der Waals surface area contributed by atoms with Crippen LogP contribution in [0.25, 0.3) is 0 Å². The first kappa shape index (κ1) is 17.1. The summed E-state index contributed by atoms with van der Waals surface area (Å²) in [6.07, 6.45) is 0.620. The Hall–Kier alpha value is -2.73. The van der Waals surface area contributed by atoms with Crippen LogP contribution in [0.4, 0.5) is 5.69 Å². The van der Waals surface area contributed by atoms with Gasteiger partial charge in [0.2, 0.25) is 0 Å². The first-order chi connectivity index (χ1) is 12.0. The van der Waals surface area contributed by atoms with Crippen LogP contribution in [0.15, 0.2) is 42.5 Å². The van der Waals surface area contributed by atoms with Crippen LogP contribution < -0.4 is 14.4 Å².